The lowest BCUT2D eigenvalue weighted by Crippen LogP contribution is -2.59. The van der Waals surface area contributed by atoms with E-state index in [0.29, 0.717) is 0 Å². The number of fused-ring (bicyclic) bond motifs is 10. The van der Waals surface area contributed by atoms with E-state index in [4.69, 9.17) is 9.15 Å². The monoisotopic (exact) mass is 652 g/mol. The number of nitrogens with zero attached hydrogens (tertiary/aromatic N) is 2. The molecule has 0 aliphatic carbocycles. The topological polar surface area (TPSA) is 28.9 Å². The van der Waals surface area contributed by atoms with E-state index in [2.05, 4.69) is 186 Å². The molecular formula is C46H29BN2O2. The van der Waals surface area contributed by atoms with Gasteiger partial charge in [0.15, 0.2) is 11.3 Å². The summed E-state index contributed by atoms with van der Waals surface area (Å²) in [4.78, 5) is 4.71. The summed E-state index contributed by atoms with van der Waals surface area (Å²) in [5.74, 6) is 1.65. The third-order valence-corrected chi connectivity index (χ3v) is 10.5. The van der Waals surface area contributed by atoms with Gasteiger partial charge in [-0.3, -0.25) is 0 Å². The number of ether oxygens (including phenoxy) is 1. The molecule has 3 heterocycles. The number of anilines is 6. The molecule has 2 aliphatic rings. The van der Waals surface area contributed by atoms with E-state index >= 15 is 0 Å². The van der Waals surface area contributed by atoms with E-state index in [1.54, 1.807) is 0 Å². The van der Waals surface area contributed by atoms with E-state index in [9.17, 15) is 0 Å². The van der Waals surface area contributed by atoms with Crippen LogP contribution in [0.25, 0.3) is 32.7 Å². The summed E-state index contributed by atoms with van der Waals surface area (Å²) in [6.07, 6.45) is 0. The lowest BCUT2D eigenvalue weighted by atomic mass is 9.34. The van der Waals surface area contributed by atoms with Crippen LogP contribution in [0.4, 0.5) is 34.1 Å². The number of para-hydroxylation sites is 5. The summed E-state index contributed by atoms with van der Waals surface area (Å²) in [7, 11) is 0. The third-order valence-electron chi connectivity index (χ3n) is 10.5. The molecule has 238 valence electrons. The van der Waals surface area contributed by atoms with Gasteiger partial charge in [0.25, 0.3) is 6.71 Å². The number of rotatable bonds is 4. The molecule has 0 atom stereocenters. The van der Waals surface area contributed by atoms with Crippen molar-refractivity contribution >= 4 is 89.9 Å². The Labute approximate surface area is 295 Å². The second-order valence-corrected chi connectivity index (χ2v) is 13.2. The van der Waals surface area contributed by atoms with Crippen molar-refractivity contribution in [2.24, 2.45) is 0 Å². The molecule has 0 fully saturated rings. The smallest absolute Gasteiger partial charge is 0.256 e. The highest BCUT2D eigenvalue weighted by Crippen LogP contribution is 2.49. The average Bonchev–Trinajstić information content (AvgIpc) is 3.58. The number of hydrogen-bond donors (Lipinski definition) is 0. The minimum Gasteiger partial charge on any atom is -0.454 e. The number of hydrogen-bond acceptors (Lipinski definition) is 4. The Morgan fingerprint density at radius 3 is 1.86 bits per heavy atom. The normalized spacial score (nSPS) is 12.8. The molecule has 1 aromatic heterocycles. The average molecular weight is 653 g/mol. The predicted molar refractivity (Wildman–Crippen MR) is 212 cm³/mol. The Hall–Kier alpha value is -6.72. The van der Waals surface area contributed by atoms with Crippen molar-refractivity contribution in [3.8, 4) is 11.5 Å². The molecule has 0 amide bonds. The first kappa shape index (κ1) is 28.2. The Balaban J connectivity index is 1.26. The van der Waals surface area contributed by atoms with E-state index in [1.165, 1.54) is 11.2 Å². The van der Waals surface area contributed by atoms with Gasteiger partial charge in [0, 0.05) is 56.1 Å². The molecule has 0 N–H and O–H groups in total. The standard InChI is InChI=1S/C46H29BN2O2/c1-4-16-30(17-5-1)48(31-18-6-2-7-19-31)39-29-42-43(34-23-11-10-22-33(34)39)35-28-40-44-46(45(35)51-42)50-41-27-15-13-25-37(41)47(44)36-24-12-14-26-38(36)49(40)32-20-8-3-9-21-32/h1-29H. The molecule has 0 radical (unpaired) electrons. The first-order valence-corrected chi connectivity index (χ1v) is 17.4. The number of benzene rings is 8. The van der Waals surface area contributed by atoms with Crippen molar-refractivity contribution in [2.75, 3.05) is 9.80 Å². The van der Waals surface area contributed by atoms with Crippen LogP contribution < -0.4 is 30.9 Å². The van der Waals surface area contributed by atoms with Crippen LogP contribution >= 0.6 is 0 Å². The maximum Gasteiger partial charge on any atom is 0.256 e. The summed E-state index contributed by atoms with van der Waals surface area (Å²) in [5.41, 5.74) is 11.7. The summed E-state index contributed by atoms with van der Waals surface area (Å²) in [6, 6.07) is 62.2. The molecular weight excluding hydrogens is 623 g/mol. The Morgan fingerprint density at radius 1 is 0.510 bits per heavy atom. The first-order valence-electron chi connectivity index (χ1n) is 17.4. The van der Waals surface area contributed by atoms with Crippen molar-refractivity contribution in [2.45, 2.75) is 0 Å². The summed E-state index contributed by atoms with van der Waals surface area (Å²) >= 11 is 0. The van der Waals surface area contributed by atoms with Crippen LogP contribution in [0.1, 0.15) is 0 Å². The van der Waals surface area contributed by atoms with Crippen molar-refractivity contribution < 1.29 is 9.15 Å². The molecule has 0 saturated heterocycles. The molecule has 4 nitrogen and oxygen atoms in total. The summed E-state index contributed by atoms with van der Waals surface area (Å²) < 4.78 is 14.0. The molecule has 11 rings (SSSR count). The highest BCUT2D eigenvalue weighted by atomic mass is 16.5. The second-order valence-electron chi connectivity index (χ2n) is 13.2. The van der Waals surface area contributed by atoms with Gasteiger partial charge < -0.3 is 19.0 Å². The number of furan rings is 1. The lowest BCUT2D eigenvalue weighted by molar-refractivity contribution is 0.481. The van der Waals surface area contributed by atoms with Gasteiger partial charge in [-0.25, -0.2) is 0 Å². The van der Waals surface area contributed by atoms with Gasteiger partial charge in [-0.05, 0) is 70.9 Å². The molecule has 0 spiro atoms. The minimum atomic E-state index is -0.00678. The van der Waals surface area contributed by atoms with Crippen LogP contribution in [-0.2, 0) is 0 Å². The van der Waals surface area contributed by atoms with E-state index < -0.39 is 0 Å². The van der Waals surface area contributed by atoms with Crippen LogP contribution in [0.5, 0.6) is 11.5 Å². The van der Waals surface area contributed by atoms with Gasteiger partial charge in [-0.1, -0.05) is 115 Å². The Morgan fingerprint density at radius 2 is 1.12 bits per heavy atom. The van der Waals surface area contributed by atoms with Crippen LogP contribution in [-0.4, -0.2) is 6.71 Å². The fourth-order valence-corrected chi connectivity index (χ4v) is 8.38. The highest BCUT2D eigenvalue weighted by Gasteiger charge is 2.43. The largest absolute Gasteiger partial charge is 0.454 e. The Kier molecular flexibility index (Phi) is 6.01. The van der Waals surface area contributed by atoms with Crippen molar-refractivity contribution in [3.63, 3.8) is 0 Å². The van der Waals surface area contributed by atoms with Gasteiger partial charge in [-0.2, -0.15) is 0 Å². The van der Waals surface area contributed by atoms with E-state index in [-0.39, 0.29) is 6.71 Å². The molecule has 5 heteroatoms. The zero-order chi connectivity index (χ0) is 33.5. The highest BCUT2D eigenvalue weighted by molar-refractivity contribution is 6.99. The van der Waals surface area contributed by atoms with Crippen molar-refractivity contribution in [1.82, 2.24) is 0 Å². The molecule has 8 aromatic carbocycles. The van der Waals surface area contributed by atoms with Gasteiger partial charge >= 0.3 is 0 Å². The van der Waals surface area contributed by atoms with Crippen molar-refractivity contribution in [3.05, 3.63) is 176 Å². The molecule has 9 aromatic rings. The molecule has 0 unspecified atom stereocenters. The fourth-order valence-electron chi connectivity index (χ4n) is 8.38. The third kappa shape index (κ3) is 4.09. The van der Waals surface area contributed by atoms with E-state index in [1.807, 2.05) is 0 Å². The SMILES string of the molecule is c1ccc(N2c3ccccc3B3c4ccccc4Oc4c3c2cc2c4oc3cc(N(c4ccccc4)c4ccccc4)c4ccccc4c32)cc1. The van der Waals surface area contributed by atoms with Gasteiger partial charge in [0.05, 0.1) is 5.69 Å². The van der Waals surface area contributed by atoms with Gasteiger partial charge in [-0.15, -0.1) is 0 Å². The molecule has 2 aliphatic heterocycles. The predicted octanol–water partition coefficient (Wildman–Crippen LogP) is 10.6. The van der Waals surface area contributed by atoms with Crippen LogP contribution in [0.2, 0.25) is 0 Å². The Bertz CT molecular complexity index is 2760. The molecule has 51 heavy (non-hydrogen) atoms. The van der Waals surface area contributed by atoms with E-state index in [0.717, 1.165) is 83.6 Å². The lowest BCUT2D eigenvalue weighted by Gasteiger charge is -2.39. The maximum absolute atomic E-state index is 7.07. The van der Waals surface area contributed by atoms with Crippen molar-refractivity contribution in [1.29, 1.82) is 0 Å². The zero-order valence-corrected chi connectivity index (χ0v) is 27.5. The second kappa shape index (κ2) is 10.9. The zero-order valence-electron chi connectivity index (χ0n) is 27.5. The van der Waals surface area contributed by atoms with Crippen LogP contribution in [0, 0.1) is 0 Å². The summed E-state index contributed by atoms with van der Waals surface area (Å²) in [6.45, 7) is -0.00678. The van der Waals surface area contributed by atoms with Crippen LogP contribution in [0.3, 0.4) is 0 Å². The van der Waals surface area contributed by atoms with Gasteiger partial charge in [0.2, 0.25) is 0 Å². The van der Waals surface area contributed by atoms with Crippen LogP contribution in [0.15, 0.2) is 180 Å². The summed E-state index contributed by atoms with van der Waals surface area (Å²) in [5, 5.41) is 4.38. The first-order chi connectivity index (χ1) is 25.3. The molecule has 0 saturated carbocycles. The fraction of sp³-hybridized carbons (Fsp3) is 0. The molecule has 0 bridgehead atoms. The minimum absolute atomic E-state index is 0.00678. The van der Waals surface area contributed by atoms with Gasteiger partial charge in [0.1, 0.15) is 11.3 Å². The quantitative estimate of drug-likeness (QED) is 0.177. The maximum atomic E-state index is 7.07.